The first-order valence-corrected chi connectivity index (χ1v) is 11.5. The third-order valence-electron chi connectivity index (χ3n) is 6.91. The average molecular weight is 457 g/mol. The van der Waals surface area contributed by atoms with Crippen LogP contribution in [0.25, 0.3) is 22.0 Å². The topological polar surface area (TPSA) is 83.7 Å². The first kappa shape index (κ1) is 22.2. The summed E-state index contributed by atoms with van der Waals surface area (Å²) in [5, 5.41) is 25.0. The lowest BCUT2D eigenvalue weighted by atomic mass is 9.98. The summed E-state index contributed by atoms with van der Waals surface area (Å²) in [5.41, 5.74) is 7.11. The number of aliphatic hydroxyl groups excluding tert-OH is 2. The molecule has 1 aliphatic rings. The molecule has 2 unspecified atom stereocenters. The smallest absolute Gasteiger partial charge is 0.407 e. The second-order valence-corrected chi connectivity index (χ2v) is 8.79. The third kappa shape index (κ3) is 3.75. The zero-order valence-electron chi connectivity index (χ0n) is 19.2. The van der Waals surface area contributed by atoms with E-state index in [4.69, 9.17) is 4.74 Å². The summed E-state index contributed by atoms with van der Waals surface area (Å²) in [7, 11) is 1.93. The van der Waals surface area contributed by atoms with Gasteiger partial charge < -0.3 is 24.8 Å². The van der Waals surface area contributed by atoms with E-state index in [1.807, 2.05) is 67.1 Å². The predicted molar refractivity (Wildman–Crippen MR) is 132 cm³/mol. The lowest BCUT2D eigenvalue weighted by molar-refractivity contribution is 0.0189. The number of aryl methyl sites for hydroxylation is 1. The maximum atomic E-state index is 12.4. The molecule has 1 aliphatic carbocycles. The molecule has 6 nitrogen and oxygen atoms in total. The number of aromatic nitrogens is 1. The van der Waals surface area contributed by atoms with Crippen molar-refractivity contribution in [2.75, 3.05) is 13.2 Å². The summed E-state index contributed by atoms with van der Waals surface area (Å²) in [6, 6.07) is 24.0. The Bertz CT molecular complexity index is 1310. The minimum absolute atomic E-state index is 0.0352. The van der Waals surface area contributed by atoms with Crippen molar-refractivity contribution in [2.24, 2.45) is 7.05 Å². The van der Waals surface area contributed by atoms with Crippen molar-refractivity contribution >= 4 is 17.0 Å². The van der Waals surface area contributed by atoms with E-state index in [1.165, 1.54) is 0 Å². The van der Waals surface area contributed by atoms with E-state index >= 15 is 0 Å². The maximum absolute atomic E-state index is 12.4. The van der Waals surface area contributed by atoms with Crippen LogP contribution in [0.4, 0.5) is 4.79 Å². The molecule has 2 atom stereocenters. The number of aliphatic hydroxyl groups is 2. The third-order valence-corrected chi connectivity index (χ3v) is 6.91. The monoisotopic (exact) mass is 456 g/mol. The Kier molecular flexibility index (Phi) is 5.86. The van der Waals surface area contributed by atoms with Crippen molar-refractivity contribution < 1.29 is 19.7 Å². The molecule has 0 bridgehead atoms. The fourth-order valence-electron chi connectivity index (χ4n) is 5.06. The number of hydrogen-bond donors (Lipinski definition) is 3. The maximum Gasteiger partial charge on any atom is 0.407 e. The van der Waals surface area contributed by atoms with Gasteiger partial charge in [-0.2, -0.15) is 0 Å². The molecule has 1 heterocycles. The highest BCUT2D eigenvalue weighted by Gasteiger charge is 2.29. The van der Waals surface area contributed by atoms with Crippen LogP contribution in [0, 0.1) is 6.92 Å². The van der Waals surface area contributed by atoms with Gasteiger partial charge in [0.15, 0.2) is 0 Å². The van der Waals surface area contributed by atoms with E-state index in [9.17, 15) is 15.0 Å². The summed E-state index contributed by atoms with van der Waals surface area (Å²) < 4.78 is 7.51. The standard InChI is InChI=1S/C28H28N2O4/c1-17-26(22-13-7-8-14-24(22)30(17)2)27(32)25(31)15-29-28(33)34-16-23-20-11-5-3-9-18(20)19-10-4-6-12-21(19)23/h3-14,23,25,27,31-32H,15-16H2,1-2H3,(H,29,33). The number of nitrogens with one attached hydrogen (secondary N) is 1. The molecule has 4 aromatic rings. The largest absolute Gasteiger partial charge is 0.449 e. The van der Waals surface area contributed by atoms with Gasteiger partial charge in [-0.05, 0) is 35.2 Å². The van der Waals surface area contributed by atoms with Crippen LogP contribution < -0.4 is 5.32 Å². The van der Waals surface area contributed by atoms with Crippen molar-refractivity contribution in [1.82, 2.24) is 9.88 Å². The quantitative estimate of drug-likeness (QED) is 0.401. The van der Waals surface area contributed by atoms with E-state index in [2.05, 4.69) is 29.6 Å². The number of alkyl carbamates (subject to hydrolysis) is 1. The number of benzene rings is 3. The van der Waals surface area contributed by atoms with Gasteiger partial charge in [0.25, 0.3) is 0 Å². The zero-order chi connectivity index (χ0) is 23.8. The van der Waals surface area contributed by atoms with Crippen LogP contribution in [0.15, 0.2) is 72.8 Å². The van der Waals surface area contributed by atoms with Gasteiger partial charge >= 0.3 is 6.09 Å². The predicted octanol–water partition coefficient (Wildman–Crippen LogP) is 4.42. The summed E-state index contributed by atoms with van der Waals surface area (Å²) in [6.45, 7) is 1.98. The number of para-hydroxylation sites is 1. The highest BCUT2D eigenvalue weighted by Crippen LogP contribution is 2.44. The Labute approximate surface area is 198 Å². The molecule has 0 saturated carbocycles. The first-order valence-electron chi connectivity index (χ1n) is 11.5. The van der Waals surface area contributed by atoms with Gasteiger partial charge in [0.1, 0.15) is 18.8 Å². The van der Waals surface area contributed by atoms with E-state index in [-0.39, 0.29) is 19.1 Å². The van der Waals surface area contributed by atoms with Crippen molar-refractivity contribution in [3.63, 3.8) is 0 Å². The van der Waals surface area contributed by atoms with E-state index < -0.39 is 18.3 Å². The fourth-order valence-corrected chi connectivity index (χ4v) is 5.06. The second-order valence-electron chi connectivity index (χ2n) is 8.79. The number of fused-ring (bicyclic) bond motifs is 4. The minimum atomic E-state index is -1.18. The van der Waals surface area contributed by atoms with Gasteiger partial charge in [0.2, 0.25) is 0 Å². The number of hydrogen-bond acceptors (Lipinski definition) is 4. The summed E-state index contributed by atoms with van der Waals surface area (Å²) in [4.78, 5) is 12.4. The Hall–Kier alpha value is -3.61. The molecule has 0 fully saturated rings. The number of carbonyl (C=O) groups is 1. The molecule has 1 aromatic heterocycles. The van der Waals surface area contributed by atoms with Crippen LogP contribution in [-0.4, -0.2) is 40.1 Å². The van der Waals surface area contributed by atoms with Crippen molar-refractivity contribution in [2.45, 2.75) is 25.0 Å². The number of nitrogens with zero attached hydrogens (tertiary/aromatic N) is 1. The Balaban J connectivity index is 1.23. The molecule has 174 valence electrons. The van der Waals surface area contributed by atoms with Gasteiger partial charge in [-0.15, -0.1) is 0 Å². The van der Waals surface area contributed by atoms with Gasteiger partial charge in [0.05, 0.1) is 0 Å². The molecule has 6 heteroatoms. The lowest BCUT2D eigenvalue weighted by Crippen LogP contribution is -2.36. The van der Waals surface area contributed by atoms with Crippen LogP contribution in [-0.2, 0) is 11.8 Å². The molecule has 1 amide bonds. The summed E-state index contributed by atoms with van der Waals surface area (Å²) in [5.74, 6) is -0.0352. The van der Waals surface area contributed by atoms with E-state index in [0.29, 0.717) is 5.56 Å². The van der Waals surface area contributed by atoms with E-state index in [1.54, 1.807) is 0 Å². The van der Waals surface area contributed by atoms with Crippen molar-refractivity contribution in [1.29, 1.82) is 0 Å². The lowest BCUT2D eigenvalue weighted by Gasteiger charge is -2.20. The first-order chi connectivity index (χ1) is 16.5. The van der Waals surface area contributed by atoms with Gasteiger partial charge in [0, 0.05) is 41.7 Å². The molecule has 0 saturated heterocycles. The summed E-state index contributed by atoms with van der Waals surface area (Å²) >= 11 is 0. The second kappa shape index (κ2) is 8.97. The molecule has 3 aromatic carbocycles. The SMILES string of the molecule is Cc1c(C(O)C(O)CNC(=O)OCC2c3ccccc3-c3ccccc32)c2ccccc2n1C. The minimum Gasteiger partial charge on any atom is -0.449 e. The van der Waals surface area contributed by atoms with Crippen molar-refractivity contribution in [3.8, 4) is 11.1 Å². The van der Waals surface area contributed by atoms with Gasteiger partial charge in [-0.25, -0.2) is 4.79 Å². The molecular weight excluding hydrogens is 428 g/mol. The Morgan fingerprint density at radius 3 is 2.24 bits per heavy atom. The number of carbonyl (C=O) groups excluding carboxylic acids is 1. The molecule has 0 radical (unpaired) electrons. The van der Waals surface area contributed by atoms with Crippen LogP contribution in [0.1, 0.15) is 34.4 Å². The normalized spacial score (nSPS) is 14.5. The Morgan fingerprint density at radius 2 is 1.56 bits per heavy atom. The van der Waals surface area contributed by atoms with Gasteiger partial charge in [-0.1, -0.05) is 66.7 Å². The summed E-state index contributed by atoms with van der Waals surface area (Å²) in [6.07, 6.45) is -2.94. The number of amides is 1. The van der Waals surface area contributed by atoms with Gasteiger partial charge in [-0.3, -0.25) is 0 Å². The molecule has 3 N–H and O–H groups in total. The molecule has 0 spiro atoms. The Morgan fingerprint density at radius 1 is 0.971 bits per heavy atom. The number of rotatable bonds is 6. The van der Waals surface area contributed by atoms with Crippen LogP contribution >= 0.6 is 0 Å². The van der Waals surface area contributed by atoms with Crippen LogP contribution in [0.3, 0.4) is 0 Å². The number of ether oxygens (including phenoxy) is 1. The van der Waals surface area contributed by atoms with E-state index in [0.717, 1.165) is 38.9 Å². The zero-order valence-corrected chi connectivity index (χ0v) is 19.2. The highest BCUT2D eigenvalue weighted by atomic mass is 16.5. The molecular formula is C28H28N2O4. The average Bonchev–Trinajstić information content (AvgIpc) is 3.32. The fraction of sp³-hybridized carbons (Fsp3) is 0.250. The molecule has 0 aliphatic heterocycles. The van der Waals surface area contributed by atoms with Crippen LogP contribution in [0.5, 0.6) is 0 Å². The highest BCUT2D eigenvalue weighted by molar-refractivity contribution is 5.86. The molecule has 34 heavy (non-hydrogen) atoms. The molecule has 5 rings (SSSR count). The van der Waals surface area contributed by atoms with Crippen LogP contribution in [0.2, 0.25) is 0 Å². The van der Waals surface area contributed by atoms with Crippen molar-refractivity contribution in [3.05, 3.63) is 95.2 Å².